The average Bonchev–Trinajstić information content (AvgIpc) is 1.88. The second-order valence-corrected chi connectivity index (χ2v) is 1.65. The van der Waals surface area contributed by atoms with E-state index in [9.17, 15) is 4.79 Å². The zero-order chi connectivity index (χ0) is 7.98. The number of urea groups is 1. The number of carbonyl (C=O) groups is 1. The molecule has 5 heteroatoms. The highest BCUT2D eigenvalue weighted by Gasteiger charge is 2.03. The highest BCUT2D eigenvalue weighted by atomic mass is 16.2. The first-order valence-corrected chi connectivity index (χ1v) is 3.05. The molecule has 0 aliphatic rings. The maximum atomic E-state index is 10.6. The predicted octanol–water partition coefficient (Wildman–Crippen LogP) is -2.67. The molecule has 0 aliphatic heterocycles. The van der Waals surface area contributed by atoms with E-state index in [0.29, 0.717) is 6.54 Å². The Hall–Kier alpha value is -1.26. The van der Waals surface area contributed by atoms with Crippen molar-refractivity contribution in [1.29, 1.82) is 0 Å². The fraction of sp³-hybridized carbons (Fsp3) is 0.600. The largest absolute Gasteiger partial charge is 0.379 e. The fourth-order valence-electron chi connectivity index (χ4n) is 0.390. The summed E-state index contributed by atoms with van der Waals surface area (Å²) in [4.78, 5) is 13.2. The quantitative estimate of drug-likeness (QED) is 0.240. The molecule has 58 valence electrons. The van der Waals surface area contributed by atoms with Crippen LogP contribution in [0.15, 0.2) is 0 Å². The minimum atomic E-state index is -0.297. The van der Waals surface area contributed by atoms with Crippen molar-refractivity contribution in [2.75, 3.05) is 13.6 Å². The molecule has 0 bridgehead atoms. The molecule has 0 aromatic carbocycles. The van der Waals surface area contributed by atoms with Crippen molar-refractivity contribution in [2.24, 2.45) is 5.73 Å². The number of nitrogens with one attached hydrogen (secondary N) is 3. The molecule has 5 nitrogen and oxygen atoms in total. The van der Waals surface area contributed by atoms with Gasteiger partial charge < -0.3 is 5.32 Å². The third-order valence-electron chi connectivity index (χ3n) is 0.855. The van der Waals surface area contributed by atoms with Crippen LogP contribution in [-0.2, 0) is 0 Å². The molecule has 0 unspecified atom stereocenters. The van der Waals surface area contributed by atoms with Crippen molar-refractivity contribution in [3.8, 4) is 0 Å². The van der Waals surface area contributed by atoms with E-state index in [4.69, 9.17) is 5.73 Å². The summed E-state index contributed by atoms with van der Waals surface area (Å²) in [7, 11) is 1.63. The lowest BCUT2D eigenvalue weighted by molar-refractivity contribution is -0.423. The van der Waals surface area contributed by atoms with E-state index in [-0.39, 0.29) is 12.0 Å². The van der Waals surface area contributed by atoms with Crippen LogP contribution in [0.1, 0.15) is 6.92 Å². The molecule has 0 saturated carbocycles. The lowest BCUT2D eigenvalue weighted by Crippen LogP contribution is -2.75. The maximum Gasteiger partial charge on any atom is 0.379 e. The Morgan fingerprint density at radius 1 is 1.70 bits per heavy atom. The topological polar surface area (TPSA) is 81.1 Å². The standard InChI is InChI=1S/C5H12N4O/c1-3-8-5(10)9-4(6)7-2/h3H2,1-2H3,(H4,6,7,8,9,10)/p+1. The molecule has 0 spiro atoms. The minimum Gasteiger partial charge on any atom is -0.325 e. The first-order chi connectivity index (χ1) is 4.70. The summed E-state index contributed by atoms with van der Waals surface area (Å²) in [5.41, 5.74) is 5.24. The third kappa shape index (κ3) is 3.71. The Labute approximate surface area is 59.7 Å². The van der Waals surface area contributed by atoms with Crippen molar-refractivity contribution in [2.45, 2.75) is 6.92 Å². The van der Waals surface area contributed by atoms with Crippen LogP contribution in [0.5, 0.6) is 0 Å². The van der Waals surface area contributed by atoms with E-state index in [1.165, 1.54) is 0 Å². The highest BCUT2D eigenvalue weighted by molar-refractivity contribution is 5.92. The second-order valence-electron chi connectivity index (χ2n) is 1.65. The van der Waals surface area contributed by atoms with Crippen LogP contribution in [0.25, 0.3) is 0 Å². The lowest BCUT2D eigenvalue weighted by atomic mass is 10.7. The van der Waals surface area contributed by atoms with Crippen molar-refractivity contribution < 1.29 is 9.79 Å². The van der Waals surface area contributed by atoms with Gasteiger partial charge in [0.25, 0.3) is 0 Å². The van der Waals surface area contributed by atoms with Crippen molar-refractivity contribution in [3.05, 3.63) is 0 Å². The number of carbonyl (C=O) groups excluding carboxylic acids is 1. The van der Waals surface area contributed by atoms with E-state index in [1.54, 1.807) is 7.05 Å². The molecule has 0 aromatic rings. The number of guanidine groups is 1. The summed E-state index contributed by atoms with van der Waals surface area (Å²) in [6.07, 6.45) is 0. The van der Waals surface area contributed by atoms with Gasteiger partial charge in [-0.2, -0.15) is 5.32 Å². The Balaban J connectivity index is 3.58. The Morgan fingerprint density at radius 3 is 2.70 bits per heavy atom. The van der Waals surface area contributed by atoms with Gasteiger partial charge in [0.05, 0.1) is 7.05 Å². The zero-order valence-electron chi connectivity index (χ0n) is 6.19. The van der Waals surface area contributed by atoms with Crippen LogP contribution < -0.4 is 21.4 Å². The van der Waals surface area contributed by atoms with E-state index < -0.39 is 0 Å². The molecule has 2 amide bonds. The average molecular weight is 145 g/mol. The molecular formula is C5H13N4O+. The van der Waals surface area contributed by atoms with Gasteiger partial charge in [0.2, 0.25) is 0 Å². The predicted molar refractivity (Wildman–Crippen MR) is 38.3 cm³/mol. The van der Waals surface area contributed by atoms with Crippen molar-refractivity contribution in [3.63, 3.8) is 0 Å². The van der Waals surface area contributed by atoms with Crippen LogP contribution in [0.4, 0.5) is 4.79 Å². The lowest BCUT2D eigenvalue weighted by Gasteiger charge is -1.96. The summed E-state index contributed by atoms with van der Waals surface area (Å²) in [6.45, 7) is 2.41. The molecule has 0 fully saturated rings. The molecular weight excluding hydrogens is 132 g/mol. The van der Waals surface area contributed by atoms with Crippen LogP contribution in [-0.4, -0.2) is 25.6 Å². The van der Waals surface area contributed by atoms with Gasteiger partial charge in [-0.25, -0.2) is 4.79 Å². The van der Waals surface area contributed by atoms with Gasteiger partial charge in [-0.05, 0) is 6.92 Å². The van der Waals surface area contributed by atoms with Crippen LogP contribution in [0.2, 0.25) is 0 Å². The molecule has 0 radical (unpaired) electrons. The first-order valence-electron chi connectivity index (χ1n) is 3.05. The van der Waals surface area contributed by atoms with Crippen molar-refractivity contribution in [1.82, 2.24) is 10.6 Å². The van der Waals surface area contributed by atoms with Gasteiger partial charge in [-0.15, -0.1) is 0 Å². The van der Waals surface area contributed by atoms with E-state index in [2.05, 4.69) is 15.6 Å². The SMILES string of the molecule is CCNC(=O)NC(N)=[NH+]C. The Bertz CT molecular complexity index is 143. The monoisotopic (exact) mass is 145 g/mol. The zero-order valence-corrected chi connectivity index (χ0v) is 6.19. The molecule has 10 heavy (non-hydrogen) atoms. The molecule has 0 heterocycles. The normalized spacial score (nSPS) is 10.8. The Kier molecular flexibility index (Phi) is 4.02. The van der Waals surface area contributed by atoms with Gasteiger partial charge in [-0.3, -0.25) is 10.7 Å². The summed E-state index contributed by atoms with van der Waals surface area (Å²) in [6, 6.07) is -0.297. The summed E-state index contributed by atoms with van der Waals surface area (Å²) in [5.74, 6) is 0.242. The van der Waals surface area contributed by atoms with Gasteiger partial charge >= 0.3 is 12.0 Å². The van der Waals surface area contributed by atoms with Gasteiger partial charge in [0.15, 0.2) is 0 Å². The highest BCUT2D eigenvalue weighted by Crippen LogP contribution is 1.58. The first kappa shape index (κ1) is 8.74. The number of hydrogen-bond donors (Lipinski definition) is 4. The van der Waals surface area contributed by atoms with Crippen LogP contribution in [0.3, 0.4) is 0 Å². The molecule has 0 aliphatic carbocycles. The minimum absolute atomic E-state index is 0.242. The van der Waals surface area contributed by atoms with E-state index in [0.717, 1.165) is 0 Å². The number of nitrogens with two attached hydrogens (primary N) is 1. The van der Waals surface area contributed by atoms with E-state index >= 15 is 0 Å². The number of hydrogen-bond acceptors (Lipinski definition) is 1. The third-order valence-corrected chi connectivity index (χ3v) is 0.855. The molecule has 0 saturated heterocycles. The number of amides is 2. The molecule has 0 atom stereocenters. The molecule has 0 rings (SSSR count). The molecule has 0 aromatic heterocycles. The number of rotatable bonds is 1. The summed E-state index contributed by atoms with van der Waals surface area (Å²) < 4.78 is 0. The van der Waals surface area contributed by atoms with Gasteiger partial charge in [0, 0.05) is 6.54 Å². The smallest absolute Gasteiger partial charge is 0.325 e. The maximum absolute atomic E-state index is 10.6. The van der Waals surface area contributed by atoms with E-state index in [1.807, 2.05) is 6.92 Å². The second kappa shape index (κ2) is 4.60. The Morgan fingerprint density at radius 2 is 2.30 bits per heavy atom. The van der Waals surface area contributed by atoms with Crippen molar-refractivity contribution >= 4 is 12.0 Å². The summed E-state index contributed by atoms with van der Waals surface area (Å²) >= 11 is 0. The van der Waals surface area contributed by atoms with Gasteiger partial charge in [0.1, 0.15) is 0 Å². The fourth-order valence-corrected chi connectivity index (χ4v) is 0.390. The summed E-state index contributed by atoms with van der Waals surface area (Å²) in [5, 5.41) is 4.88. The van der Waals surface area contributed by atoms with Gasteiger partial charge in [-0.1, -0.05) is 0 Å². The molecule has 5 N–H and O–H groups in total. The van der Waals surface area contributed by atoms with Crippen LogP contribution >= 0.6 is 0 Å². The van der Waals surface area contributed by atoms with Crippen LogP contribution in [0, 0.1) is 0 Å².